The fourth-order valence-corrected chi connectivity index (χ4v) is 2.08. The van der Waals surface area contributed by atoms with Gasteiger partial charge in [0.1, 0.15) is 17.3 Å². The summed E-state index contributed by atoms with van der Waals surface area (Å²) in [5.74, 6) is 8.59. The van der Waals surface area contributed by atoms with Crippen LogP contribution in [-0.4, -0.2) is 16.8 Å². The Bertz CT molecular complexity index is 587. The minimum atomic E-state index is 0.469. The van der Waals surface area contributed by atoms with Gasteiger partial charge in [-0.1, -0.05) is 12.1 Å². The molecule has 1 saturated carbocycles. The van der Waals surface area contributed by atoms with E-state index < -0.39 is 0 Å². The first-order valence-electron chi connectivity index (χ1n) is 5.98. The third kappa shape index (κ3) is 1.68. The van der Waals surface area contributed by atoms with Crippen LogP contribution in [0.4, 0.5) is 5.82 Å². The lowest BCUT2D eigenvalue weighted by atomic mass is 10.1. The Morgan fingerprint density at radius 3 is 2.83 bits per heavy atom. The smallest absolute Gasteiger partial charge is 0.150 e. The topological polar surface area (TPSA) is 79.1 Å². The van der Waals surface area contributed by atoms with Gasteiger partial charge < -0.3 is 16.3 Å². The van der Waals surface area contributed by atoms with E-state index in [9.17, 15) is 0 Å². The normalized spacial score (nSPS) is 14.7. The Balaban J connectivity index is 2.07. The molecule has 18 heavy (non-hydrogen) atoms. The van der Waals surface area contributed by atoms with Crippen molar-refractivity contribution in [1.82, 2.24) is 9.66 Å². The molecule has 1 fully saturated rings. The molecule has 0 aliphatic heterocycles. The van der Waals surface area contributed by atoms with Gasteiger partial charge in [0, 0.05) is 11.5 Å². The molecule has 0 radical (unpaired) electrons. The number of nitrogen functional groups attached to an aromatic ring is 2. The fraction of sp³-hybridized carbons (Fsp3) is 0.308. The molecule has 1 aliphatic carbocycles. The van der Waals surface area contributed by atoms with Gasteiger partial charge in [-0.3, -0.25) is 0 Å². The summed E-state index contributed by atoms with van der Waals surface area (Å²) in [5, 5.41) is 0. The van der Waals surface area contributed by atoms with Gasteiger partial charge in [0.15, 0.2) is 5.82 Å². The molecule has 0 saturated heterocycles. The minimum Gasteiger partial charge on any atom is -0.497 e. The number of rotatable bonds is 3. The van der Waals surface area contributed by atoms with Crippen LogP contribution in [0, 0.1) is 0 Å². The van der Waals surface area contributed by atoms with Crippen LogP contribution in [0.1, 0.15) is 24.6 Å². The second-order valence-corrected chi connectivity index (χ2v) is 4.58. The average molecular weight is 244 g/mol. The number of methoxy groups -OCH3 is 1. The number of anilines is 1. The Hall–Kier alpha value is -2.17. The molecule has 1 aromatic heterocycles. The Labute approximate surface area is 105 Å². The Kier molecular flexibility index (Phi) is 2.40. The van der Waals surface area contributed by atoms with Crippen molar-refractivity contribution in [2.24, 2.45) is 0 Å². The van der Waals surface area contributed by atoms with Crippen molar-refractivity contribution in [2.75, 3.05) is 18.7 Å². The fourth-order valence-electron chi connectivity index (χ4n) is 2.08. The van der Waals surface area contributed by atoms with Crippen LogP contribution in [0.15, 0.2) is 24.3 Å². The molecule has 0 unspecified atom stereocenters. The van der Waals surface area contributed by atoms with Crippen molar-refractivity contribution in [3.05, 3.63) is 30.1 Å². The lowest BCUT2D eigenvalue weighted by molar-refractivity contribution is 0.415. The standard InChI is InChI=1S/C13H16N4O/c1-18-10-4-2-3-9(7-10)11-12(14)17(15)13(16-11)8-5-6-8/h2-4,7-8H,5-6,14-15H2,1H3. The van der Waals surface area contributed by atoms with E-state index in [0.717, 1.165) is 35.7 Å². The molecule has 0 bridgehead atoms. The number of aromatic nitrogens is 2. The van der Waals surface area contributed by atoms with Crippen LogP contribution in [0.5, 0.6) is 5.75 Å². The summed E-state index contributed by atoms with van der Waals surface area (Å²) in [6.07, 6.45) is 2.29. The zero-order valence-corrected chi connectivity index (χ0v) is 10.3. The van der Waals surface area contributed by atoms with Gasteiger partial charge in [-0.05, 0) is 25.0 Å². The van der Waals surface area contributed by atoms with E-state index in [2.05, 4.69) is 4.98 Å². The molecule has 0 atom stereocenters. The molecule has 94 valence electrons. The van der Waals surface area contributed by atoms with Crippen LogP contribution < -0.4 is 16.3 Å². The van der Waals surface area contributed by atoms with Gasteiger partial charge in [0.25, 0.3) is 0 Å². The first-order chi connectivity index (χ1) is 8.70. The van der Waals surface area contributed by atoms with Gasteiger partial charge in [0.2, 0.25) is 0 Å². The molecule has 1 aromatic carbocycles. The zero-order valence-electron chi connectivity index (χ0n) is 10.3. The summed E-state index contributed by atoms with van der Waals surface area (Å²) in [6, 6.07) is 7.67. The molecule has 1 aliphatic rings. The first-order valence-corrected chi connectivity index (χ1v) is 5.98. The molecule has 0 amide bonds. The number of benzene rings is 1. The number of imidazole rings is 1. The molecule has 3 rings (SSSR count). The second-order valence-electron chi connectivity index (χ2n) is 4.58. The van der Waals surface area contributed by atoms with Gasteiger partial charge >= 0.3 is 0 Å². The second kappa shape index (κ2) is 3.94. The van der Waals surface area contributed by atoms with Gasteiger partial charge in [0.05, 0.1) is 7.11 Å². The van der Waals surface area contributed by atoms with Crippen molar-refractivity contribution in [1.29, 1.82) is 0 Å². The predicted octanol–water partition coefficient (Wildman–Crippen LogP) is 1.73. The van der Waals surface area contributed by atoms with Crippen molar-refractivity contribution < 1.29 is 4.74 Å². The Morgan fingerprint density at radius 2 is 2.17 bits per heavy atom. The highest BCUT2D eigenvalue weighted by Crippen LogP contribution is 2.41. The maximum Gasteiger partial charge on any atom is 0.150 e. The van der Waals surface area contributed by atoms with E-state index in [1.165, 1.54) is 4.68 Å². The third-order valence-electron chi connectivity index (χ3n) is 3.26. The number of ether oxygens (including phenoxy) is 1. The third-order valence-corrected chi connectivity index (χ3v) is 3.26. The summed E-state index contributed by atoms with van der Waals surface area (Å²) in [5.41, 5.74) is 7.69. The molecular formula is C13H16N4O. The summed E-state index contributed by atoms with van der Waals surface area (Å²) in [4.78, 5) is 4.57. The molecular weight excluding hydrogens is 228 g/mol. The zero-order chi connectivity index (χ0) is 12.7. The number of hydrogen-bond acceptors (Lipinski definition) is 4. The van der Waals surface area contributed by atoms with Crippen molar-refractivity contribution >= 4 is 5.82 Å². The quantitative estimate of drug-likeness (QED) is 0.806. The number of nitrogens with zero attached hydrogens (tertiary/aromatic N) is 2. The highest BCUT2D eigenvalue weighted by molar-refractivity contribution is 5.72. The maximum atomic E-state index is 6.03. The van der Waals surface area contributed by atoms with E-state index in [-0.39, 0.29) is 0 Å². The monoisotopic (exact) mass is 244 g/mol. The molecule has 0 spiro atoms. The lowest BCUT2D eigenvalue weighted by Gasteiger charge is -2.03. The lowest BCUT2D eigenvalue weighted by Crippen LogP contribution is -2.14. The minimum absolute atomic E-state index is 0.469. The van der Waals surface area contributed by atoms with Crippen LogP contribution in [0.25, 0.3) is 11.3 Å². The van der Waals surface area contributed by atoms with E-state index in [1.54, 1.807) is 7.11 Å². The van der Waals surface area contributed by atoms with Crippen LogP contribution in [0.3, 0.4) is 0 Å². The summed E-state index contributed by atoms with van der Waals surface area (Å²) < 4.78 is 6.71. The molecule has 2 aromatic rings. The van der Waals surface area contributed by atoms with E-state index in [4.69, 9.17) is 16.3 Å². The van der Waals surface area contributed by atoms with Crippen LogP contribution in [0.2, 0.25) is 0 Å². The summed E-state index contributed by atoms with van der Waals surface area (Å²) in [7, 11) is 1.64. The molecule has 1 heterocycles. The first kappa shape index (κ1) is 11.0. The summed E-state index contributed by atoms with van der Waals surface area (Å²) in [6.45, 7) is 0. The highest BCUT2D eigenvalue weighted by Gasteiger charge is 2.30. The van der Waals surface area contributed by atoms with Gasteiger partial charge in [-0.15, -0.1) is 0 Å². The van der Waals surface area contributed by atoms with Crippen LogP contribution in [-0.2, 0) is 0 Å². The largest absolute Gasteiger partial charge is 0.497 e. The van der Waals surface area contributed by atoms with Crippen molar-refractivity contribution in [3.8, 4) is 17.0 Å². The van der Waals surface area contributed by atoms with Crippen LogP contribution >= 0.6 is 0 Å². The average Bonchev–Trinajstić information content (AvgIpc) is 3.19. The maximum absolute atomic E-state index is 6.03. The number of hydrogen-bond donors (Lipinski definition) is 2. The van der Waals surface area contributed by atoms with E-state index in [1.807, 2.05) is 24.3 Å². The predicted molar refractivity (Wildman–Crippen MR) is 70.8 cm³/mol. The Morgan fingerprint density at radius 1 is 1.39 bits per heavy atom. The van der Waals surface area contributed by atoms with Crippen molar-refractivity contribution in [3.63, 3.8) is 0 Å². The summed E-state index contributed by atoms with van der Waals surface area (Å²) >= 11 is 0. The molecule has 5 nitrogen and oxygen atoms in total. The van der Waals surface area contributed by atoms with Gasteiger partial charge in [-0.2, -0.15) is 0 Å². The SMILES string of the molecule is COc1cccc(-c2nc(C3CC3)n(N)c2N)c1. The van der Waals surface area contributed by atoms with Gasteiger partial charge in [-0.25, -0.2) is 9.66 Å². The van der Waals surface area contributed by atoms with Crippen molar-refractivity contribution in [2.45, 2.75) is 18.8 Å². The number of nitrogens with two attached hydrogens (primary N) is 2. The molecule has 5 heteroatoms. The molecule has 4 N–H and O–H groups in total. The van der Waals surface area contributed by atoms with E-state index >= 15 is 0 Å². The highest BCUT2D eigenvalue weighted by atomic mass is 16.5. The van der Waals surface area contributed by atoms with E-state index in [0.29, 0.717) is 11.7 Å².